The number of anilines is 2. The maximum Gasteiger partial charge on any atom is 0.243 e. The second kappa shape index (κ2) is 6.57. The zero-order chi connectivity index (χ0) is 17.3. The van der Waals surface area contributed by atoms with Gasteiger partial charge in [-0.15, -0.1) is 0 Å². The number of amides is 1. The average molecular weight is 343 g/mol. The molecule has 6 heteroatoms. The summed E-state index contributed by atoms with van der Waals surface area (Å²) in [5.74, 6) is -0.478. The lowest BCUT2D eigenvalue weighted by Crippen LogP contribution is -2.30. The molecule has 3 aromatic rings. The Labute approximate surface area is 143 Å². The summed E-state index contributed by atoms with van der Waals surface area (Å²) in [5, 5.41) is 3.54. The lowest BCUT2D eigenvalue weighted by Gasteiger charge is -2.16. The minimum Gasteiger partial charge on any atom is -0.342 e. The average Bonchev–Trinajstić information content (AvgIpc) is 2.96. The normalized spacial score (nSPS) is 10.8. The fourth-order valence-corrected chi connectivity index (χ4v) is 3.35. The fourth-order valence-electron chi connectivity index (χ4n) is 2.41. The maximum atomic E-state index is 13.7. The summed E-state index contributed by atoms with van der Waals surface area (Å²) in [6.45, 7) is 4.08. The molecule has 0 radical (unpaired) electrons. The molecule has 4 nitrogen and oxygen atoms in total. The Hall–Kier alpha value is -2.47. The van der Waals surface area contributed by atoms with Crippen LogP contribution >= 0.6 is 11.3 Å². The summed E-state index contributed by atoms with van der Waals surface area (Å²) in [7, 11) is 1.78. The highest BCUT2D eigenvalue weighted by Gasteiger charge is 2.14. The van der Waals surface area contributed by atoms with Crippen molar-refractivity contribution in [3.8, 4) is 0 Å². The standard InChI is InChI=1S/C18H18FN3OS/c1-11-7-8-12(2)14(9-11)20-16(23)10-22(3)18-21-17-13(19)5-4-6-15(17)24-18/h4-9H,10H2,1-3H3,(H,20,23). The van der Waals surface area contributed by atoms with E-state index in [-0.39, 0.29) is 18.3 Å². The number of hydrogen-bond acceptors (Lipinski definition) is 4. The van der Waals surface area contributed by atoms with Gasteiger partial charge in [0, 0.05) is 12.7 Å². The van der Waals surface area contributed by atoms with Crippen molar-refractivity contribution in [2.45, 2.75) is 13.8 Å². The van der Waals surface area contributed by atoms with Crippen LogP contribution in [-0.2, 0) is 4.79 Å². The summed E-state index contributed by atoms with van der Waals surface area (Å²) in [6, 6.07) is 10.8. The van der Waals surface area contributed by atoms with Crippen LogP contribution in [-0.4, -0.2) is 24.5 Å². The van der Waals surface area contributed by atoms with Crippen LogP contribution in [0.25, 0.3) is 10.2 Å². The van der Waals surface area contributed by atoms with Gasteiger partial charge in [-0.25, -0.2) is 9.37 Å². The number of fused-ring (bicyclic) bond motifs is 1. The Kier molecular flexibility index (Phi) is 4.49. The van der Waals surface area contributed by atoms with Gasteiger partial charge in [-0.05, 0) is 43.2 Å². The van der Waals surface area contributed by atoms with Gasteiger partial charge in [-0.2, -0.15) is 0 Å². The molecule has 0 atom stereocenters. The number of likely N-dealkylation sites (N-methyl/N-ethyl adjacent to an activating group) is 1. The predicted molar refractivity (Wildman–Crippen MR) is 97.4 cm³/mol. The Morgan fingerprint density at radius 2 is 2.08 bits per heavy atom. The number of carbonyl (C=O) groups is 1. The molecule has 3 rings (SSSR count). The zero-order valence-electron chi connectivity index (χ0n) is 13.8. The van der Waals surface area contributed by atoms with E-state index in [2.05, 4.69) is 10.3 Å². The largest absolute Gasteiger partial charge is 0.342 e. The molecule has 24 heavy (non-hydrogen) atoms. The number of benzene rings is 2. The van der Waals surface area contributed by atoms with Crippen molar-refractivity contribution < 1.29 is 9.18 Å². The molecule has 0 saturated carbocycles. The van der Waals surface area contributed by atoms with Crippen LogP contribution in [0.1, 0.15) is 11.1 Å². The van der Waals surface area contributed by atoms with Gasteiger partial charge < -0.3 is 10.2 Å². The molecule has 124 valence electrons. The van der Waals surface area contributed by atoms with Gasteiger partial charge in [0.15, 0.2) is 5.13 Å². The minimum absolute atomic E-state index is 0.133. The molecule has 1 amide bonds. The fraction of sp³-hybridized carbons (Fsp3) is 0.222. The van der Waals surface area contributed by atoms with E-state index < -0.39 is 0 Å². The van der Waals surface area contributed by atoms with Crippen molar-refractivity contribution in [3.05, 3.63) is 53.3 Å². The number of nitrogens with zero attached hydrogens (tertiary/aromatic N) is 2. The third-order valence-electron chi connectivity index (χ3n) is 3.73. The van der Waals surface area contributed by atoms with Gasteiger partial charge in [0.2, 0.25) is 5.91 Å². The topological polar surface area (TPSA) is 45.2 Å². The van der Waals surface area contributed by atoms with Gasteiger partial charge >= 0.3 is 0 Å². The van der Waals surface area contributed by atoms with Crippen LogP contribution in [0.2, 0.25) is 0 Å². The van der Waals surface area contributed by atoms with Crippen molar-refractivity contribution in [2.75, 3.05) is 23.8 Å². The first-order valence-electron chi connectivity index (χ1n) is 7.57. The second-order valence-electron chi connectivity index (χ2n) is 5.81. The van der Waals surface area contributed by atoms with Crippen molar-refractivity contribution in [3.63, 3.8) is 0 Å². The van der Waals surface area contributed by atoms with Gasteiger partial charge in [0.05, 0.1) is 11.2 Å². The summed E-state index contributed by atoms with van der Waals surface area (Å²) >= 11 is 1.37. The zero-order valence-corrected chi connectivity index (χ0v) is 14.6. The Balaban J connectivity index is 1.73. The van der Waals surface area contributed by atoms with Crippen molar-refractivity contribution in [1.82, 2.24) is 4.98 Å². The van der Waals surface area contributed by atoms with E-state index >= 15 is 0 Å². The number of carbonyl (C=O) groups excluding carboxylic acids is 1. The van der Waals surface area contributed by atoms with Gasteiger partial charge in [-0.3, -0.25) is 4.79 Å². The molecular weight excluding hydrogens is 325 g/mol. The van der Waals surface area contributed by atoms with Crippen LogP contribution in [0.3, 0.4) is 0 Å². The van der Waals surface area contributed by atoms with E-state index in [1.54, 1.807) is 18.0 Å². The summed E-state index contributed by atoms with van der Waals surface area (Å²) in [6.07, 6.45) is 0. The number of aryl methyl sites for hydroxylation is 2. The molecule has 0 spiro atoms. The molecule has 1 N–H and O–H groups in total. The van der Waals surface area contributed by atoms with Gasteiger partial charge in [-0.1, -0.05) is 29.5 Å². The van der Waals surface area contributed by atoms with E-state index in [1.165, 1.54) is 17.4 Å². The number of aromatic nitrogens is 1. The van der Waals surface area contributed by atoms with Gasteiger partial charge in [0.25, 0.3) is 0 Å². The SMILES string of the molecule is Cc1ccc(C)c(NC(=O)CN(C)c2nc3c(F)cccc3s2)c1. The maximum absolute atomic E-state index is 13.7. The molecule has 1 aromatic heterocycles. The lowest BCUT2D eigenvalue weighted by molar-refractivity contribution is -0.114. The molecule has 0 fully saturated rings. The number of para-hydroxylation sites is 1. The highest BCUT2D eigenvalue weighted by Crippen LogP contribution is 2.29. The first kappa shape index (κ1) is 16.4. The Bertz CT molecular complexity index is 906. The molecule has 2 aromatic carbocycles. The molecule has 0 unspecified atom stereocenters. The van der Waals surface area contributed by atoms with Crippen LogP contribution in [0.4, 0.5) is 15.2 Å². The van der Waals surface area contributed by atoms with Crippen LogP contribution in [0.5, 0.6) is 0 Å². The van der Waals surface area contributed by atoms with Gasteiger partial charge in [0.1, 0.15) is 11.3 Å². The number of thiazole rings is 1. The number of rotatable bonds is 4. The molecular formula is C18H18FN3OS. The predicted octanol–water partition coefficient (Wildman–Crippen LogP) is 4.13. The van der Waals surface area contributed by atoms with Crippen LogP contribution < -0.4 is 10.2 Å². The van der Waals surface area contributed by atoms with Crippen molar-refractivity contribution in [2.24, 2.45) is 0 Å². The minimum atomic E-state index is -0.344. The number of hydrogen-bond donors (Lipinski definition) is 1. The molecule has 0 saturated heterocycles. The summed E-state index contributed by atoms with van der Waals surface area (Å²) in [4.78, 5) is 18.3. The van der Waals surface area contributed by atoms with Crippen LogP contribution in [0, 0.1) is 19.7 Å². The van der Waals surface area contributed by atoms with E-state index in [9.17, 15) is 9.18 Å². The first-order valence-corrected chi connectivity index (χ1v) is 8.39. The third kappa shape index (κ3) is 3.38. The quantitative estimate of drug-likeness (QED) is 0.775. The van der Waals surface area contributed by atoms with Crippen molar-refractivity contribution >= 4 is 38.3 Å². The number of nitrogens with one attached hydrogen (secondary N) is 1. The van der Waals surface area contributed by atoms with E-state index in [1.807, 2.05) is 38.1 Å². The lowest BCUT2D eigenvalue weighted by atomic mass is 10.1. The van der Waals surface area contributed by atoms with E-state index in [4.69, 9.17) is 0 Å². The summed E-state index contributed by atoms with van der Waals surface area (Å²) in [5.41, 5.74) is 3.26. The smallest absolute Gasteiger partial charge is 0.243 e. The molecule has 0 aliphatic rings. The molecule has 0 aliphatic heterocycles. The highest BCUT2D eigenvalue weighted by molar-refractivity contribution is 7.22. The molecule has 0 bridgehead atoms. The third-order valence-corrected chi connectivity index (χ3v) is 4.87. The highest BCUT2D eigenvalue weighted by atomic mass is 32.1. The van der Waals surface area contributed by atoms with E-state index in [0.717, 1.165) is 21.5 Å². The first-order chi connectivity index (χ1) is 11.4. The monoisotopic (exact) mass is 343 g/mol. The number of halogens is 1. The molecule has 1 heterocycles. The summed E-state index contributed by atoms with van der Waals surface area (Å²) < 4.78 is 14.5. The second-order valence-corrected chi connectivity index (χ2v) is 6.81. The Morgan fingerprint density at radius 1 is 1.29 bits per heavy atom. The van der Waals surface area contributed by atoms with Crippen molar-refractivity contribution in [1.29, 1.82) is 0 Å². The van der Waals surface area contributed by atoms with Crippen LogP contribution in [0.15, 0.2) is 36.4 Å². The Morgan fingerprint density at radius 3 is 2.83 bits per heavy atom. The van der Waals surface area contributed by atoms with E-state index in [0.29, 0.717) is 10.6 Å². The molecule has 0 aliphatic carbocycles.